The summed E-state index contributed by atoms with van der Waals surface area (Å²) in [5.41, 5.74) is 1.37. The molecule has 94 valence electrons. The molecule has 17 heavy (non-hydrogen) atoms. The van der Waals surface area contributed by atoms with Crippen LogP contribution in [0.2, 0.25) is 0 Å². The van der Waals surface area contributed by atoms with Crippen LogP contribution < -0.4 is 4.74 Å². The van der Waals surface area contributed by atoms with Crippen molar-refractivity contribution in [3.05, 3.63) is 29.8 Å². The Bertz CT molecular complexity index is 327. The number of ether oxygens (including phenoxy) is 1. The minimum absolute atomic E-state index is 0.523. The van der Waals surface area contributed by atoms with Crippen LogP contribution in [0.1, 0.15) is 44.1 Å². The molecule has 1 unspecified atom stereocenters. The summed E-state index contributed by atoms with van der Waals surface area (Å²) in [6.07, 6.45) is 5.42. The summed E-state index contributed by atoms with van der Waals surface area (Å²) in [6.45, 7) is 2.73. The van der Waals surface area contributed by atoms with Gasteiger partial charge in [-0.2, -0.15) is 0 Å². The molecule has 1 fully saturated rings. The van der Waals surface area contributed by atoms with E-state index in [0.29, 0.717) is 5.92 Å². The van der Waals surface area contributed by atoms with E-state index in [2.05, 4.69) is 24.3 Å². The largest absolute Gasteiger partial charge is 0.494 e. The van der Waals surface area contributed by atoms with E-state index in [1.165, 1.54) is 31.2 Å². The number of halogens is 1. The number of rotatable bonds is 5. The van der Waals surface area contributed by atoms with Crippen molar-refractivity contribution in [1.29, 1.82) is 0 Å². The van der Waals surface area contributed by atoms with E-state index in [9.17, 15) is 0 Å². The van der Waals surface area contributed by atoms with E-state index in [-0.39, 0.29) is 0 Å². The van der Waals surface area contributed by atoms with Crippen molar-refractivity contribution in [3.63, 3.8) is 0 Å². The molecule has 0 aliphatic heterocycles. The number of alkyl halides is 1. The SMILES string of the molecule is CCOc1ccc(C(CCl)C2CCCC2)cc1. The minimum atomic E-state index is 0.523. The van der Waals surface area contributed by atoms with Crippen LogP contribution >= 0.6 is 11.6 Å². The van der Waals surface area contributed by atoms with Gasteiger partial charge in [0.2, 0.25) is 0 Å². The second kappa shape index (κ2) is 6.30. The molecule has 1 aliphatic carbocycles. The average Bonchev–Trinajstić information content (AvgIpc) is 2.86. The Hall–Kier alpha value is -0.690. The third kappa shape index (κ3) is 3.16. The fourth-order valence-corrected chi connectivity index (χ4v) is 3.26. The highest BCUT2D eigenvalue weighted by Crippen LogP contribution is 2.38. The van der Waals surface area contributed by atoms with E-state index in [0.717, 1.165) is 24.2 Å². The molecule has 1 aromatic carbocycles. The molecule has 1 atom stereocenters. The van der Waals surface area contributed by atoms with Gasteiger partial charge in [-0.25, -0.2) is 0 Å². The Kier molecular flexibility index (Phi) is 4.73. The van der Waals surface area contributed by atoms with Crippen molar-refractivity contribution in [2.45, 2.75) is 38.5 Å². The lowest BCUT2D eigenvalue weighted by Crippen LogP contribution is -2.11. The molecule has 0 radical (unpaired) electrons. The van der Waals surface area contributed by atoms with Gasteiger partial charge >= 0.3 is 0 Å². The van der Waals surface area contributed by atoms with Crippen LogP contribution in [0.25, 0.3) is 0 Å². The number of hydrogen-bond donors (Lipinski definition) is 0. The molecule has 2 heteroatoms. The summed E-state index contributed by atoms with van der Waals surface area (Å²) in [4.78, 5) is 0. The fraction of sp³-hybridized carbons (Fsp3) is 0.600. The van der Waals surface area contributed by atoms with Crippen molar-refractivity contribution >= 4 is 11.6 Å². The van der Waals surface area contributed by atoms with Crippen LogP contribution in [0, 0.1) is 5.92 Å². The number of benzene rings is 1. The number of hydrogen-bond acceptors (Lipinski definition) is 1. The lowest BCUT2D eigenvalue weighted by molar-refractivity contribution is 0.340. The molecule has 2 rings (SSSR count). The van der Waals surface area contributed by atoms with Gasteiger partial charge in [-0.3, -0.25) is 0 Å². The molecule has 1 aliphatic rings. The summed E-state index contributed by atoms with van der Waals surface area (Å²) in [7, 11) is 0. The van der Waals surface area contributed by atoms with Gasteiger partial charge in [0.1, 0.15) is 5.75 Å². The van der Waals surface area contributed by atoms with Gasteiger partial charge in [-0.1, -0.05) is 25.0 Å². The maximum Gasteiger partial charge on any atom is 0.119 e. The Labute approximate surface area is 109 Å². The normalized spacial score (nSPS) is 18.2. The third-order valence-corrected chi connectivity index (χ3v) is 4.09. The Morgan fingerprint density at radius 1 is 1.24 bits per heavy atom. The second-order valence-electron chi connectivity index (χ2n) is 4.81. The first-order valence-corrected chi connectivity index (χ1v) is 7.17. The van der Waals surface area contributed by atoms with Crippen LogP contribution in [-0.2, 0) is 0 Å². The average molecular weight is 253 g/mol. The van der Waals surface area contributed by atoms with Crippen molar-refractivity contribution in [1.82, 2.24) is 0 Å². The second-order valence-corrected chi connectivity index (χ2v) is 5.12. The molecule has 0 bridgehead atoms. The summed E-state index contributed by atoms with van der Waals surface area (Å²) in [5, 5.41) is 0. The van der Waals surface area contributed by atoms with E-state index in [1.54, 1.807) is 0 Å². The topological polar surface area (TPSA) is 9.23 Å². The Morgan fingerprint density at radius 2 is 1.88 bits per heavy atom. The van der Waals surface area contributed by atoms with E-state index in [1.807, 2.05) is 6.92 Å². The summed E-state index contributed by atoms with van der Waals surface area (Å²) < 4.78 is 5.47. The molecule has 0 amide bonds. The van der Waals surface area contributed by atoms with Gasteiger partial charge in [-0.05, 0) is 43.4 Å². The van der Waals surface area contributed by atoms with E-state index < -0.39 is 0 Å². The van der Waals surface area contributed by atoms with Crippen LogP contribution in [0.15, 0.2) is 24.3 Å². The quantitative estimate of drug-likeness (QED) is 0.696. The first-order valence-electron chi connectivity index (χ1n) is 6.64. The van der Waals surface area contributed by atoms with Gasteiger partial charge in [0.25, 0.3) is 0 Å². The predicted octanol–water partition coefficient (Wildman–Crippen LogP) is 4.60. The standard InChI is InChI=1S/C15H21ClO/c1-2-17-14-9-7-13(8-10-14)15(11-16)12-5-3-4-6-12/h7-10,12,15H,2-6,11H2,1H3. The molecule has 0 heterocycles. The first-order chi connectivity index (χ1) is 8.35. The zero-order valence-electron chi connectivity index (χ0n) is 10.5. The fourth-order valence-electron chi connectivity index (χ4n) is 2.82. The van der Waals surface area contributed by atoms with Crippen LogP contribution in [0.3, 0.4) is 0 Å². The van der Waals surface area contributed by atoms with Gasteiger partial charge in [0, 0.05) is 11.8 Å². The van der Waals surface area contributed by atoms with Crippen molar-refractivity contribution in [2.24, 2.45) is 5.92 Å². The van der Waals surface area contributed by atoms with Crippen molar-refractivity contribution in [2.75, 3.05) is 12.5 Å². The van der Waals surface area contributed by atoms with Gasteiger partial charge in [0.05, 0.1) is 6.61 Å². The molecule has 0 spiro atoms. The van der Waals surface area contributed by atoms with E-state index in [4.69, 9.17) is 16.3 Å². The summed E-state index contributed by atoms with van der Waals surface area (Å²) in [5.74, 6) is 3.00. The minimum Gasteiger partial charge on any atom is -0.494 e. The highest BCUT2D eigenvalue weighted by Gasteiger charge is 2.25. The molecule has 1 nitrogen and oxygen atoms in total. The lowest BCUT2D eigenvalue weighted by Gasteiger charge is -2.21. The van der Waals surface area contributed by atoms with Crippen LogP contribution in [0.4, 0.5) is 0 Å². The molecule has 0 saturated heterocycles. The maximum atomic E-state index is 6.15. The van der Waals surface area contributed by atoms with Crippen LogP contribution in [-0.4, -0.2) is 12.5 Å². The summed E-state index contributed by atoms with van der Waals surface area (Å²) in [6, 6.07) is 8.48. The Balaban J connectivity index is 2.07. The molecular weight excluding hydrogens is 232 g/mol. The lowest BCUT2D eigenvalue weighted by atomic mass is 9.86. The van der Waals surface area contributed by atoms with Gasteiger partial charge < -0.3 is 4.74 Å². The highest BCUT2D eigenvalue weighted by atomic mass is 35.5. The highest BCUT2D eigenvalue weighted by molar-refractivity contribution is 6.18. The molecule has 1 aromatic rings. The molecule has 0 aromatic heterocycles. The third-order valence-electron chi connectivity index (χ3n) is 3.75. The summed E-state index contributed by atoms with van der Waals surface area (Å²) >= 11 is 6.15. The zero-order chi connectivity index (χ0) is 12.1. The first kappa shape index (κ1) is 12.8. The smallest absolute Gasteiger partial charge is 0.119 e. The molecule has 0 N–H and O–H groups in total. The predicted molar refractivity (Wildman–Crippen MR) is 73.0 cm³/mol. The monoisotopic (exact) mass is 252 g/mol. The van der Waals surface area contributed by atoms with Crippen molar-refractivity contribution < 1.29 is 4.74 Å². The molecular formula is C15H21ClO. The van der Waals surface area contributed by atoms with Crippen molar-refractivity contribution in [3.8, 4) is 5.75 Å². The maximum absolute atomic E-state index is 6.15. The van der Waals surface area contributed by atoms with Gasteiger partial charge in [-0.15, -0.1) is 11.6 Å². The van der Waals surface area contributed by atoms with Crippen LogP contribution in [0.5, 0.6) is 5.75 Å². The zero-order valence-corrected chi connectivity index (χ0v) is 11.2. The van der Waals surface area contributed by atoms with Gasteiger partial charge in [0.15, 0.2) is 0 Å². The van der Waals surface area contributed by atoms with E-state index >= 15 is 0 Å². The Morgan fingerprint density at radius 3 is 2.41 bits per heavy atom. The molecule has 1 saturated carbocycles.